The molecule has 0 atom stereocenters. The minimum absolute atomic E-state index is 0.0926. The molecule has 1 aromatic heterocycles. The summed E-state index contributed by atoms with van der Waals surface area (Å²) in [4.78, 5) is 10.6. The van der Waals surface area contributed by atoms with Crippen molar-refractivity contribution in [3.8, 4) is 0 Å². The van der Waals surface area contributed by atoms with E-state index in [4.69, 9.17) is 5.11 Å². The molecular formula is C12H20N2O2S. The molecule has 0 radical (unpaired) electrons. The lowest BCUT2D eigenvalue weighted by Gasteiger charge is -2.04. The van der Waals surface area contributed by atoms with Crippen molar-refractivity contribution in [2.24, 2.45) is 0 Å². The van der Waals surface area contributed by atoms with Gasteiger partial charge in [-0.2, -0.15) is 5.10 Å². The first-order chi connectivity index (χ1) is 8.04. The molecule has 1 heterocycles. The summed E-state index contributed by atoms with van der Waals surface area (Å²) in [7, 11) is 0. The van der Waals surface area contributed by atoms with Crippen LogP contribution in [0.1, 0.15) is 45.2 Å². The molecule has 4 nitrogen and oxygen atoms in total. The first-order valence-electron chi connectivity index (χ1n) is 5.97. The smallest absolute Gasteiger partial charge is 0.313 e. The number of rotatable bonds is 7. The number of thioether (sulfide) groups is 1. The van der Waals surface area contributed by atoms with Crippen LogP contribution in [0.4, 0.5) is 0 Å². The van der Waals surface area contributed by atoms with Gasteiger partial charge in [0.15, 0.2) is 0 Å². The van der Waals surface area contributed by atoms with Crippen molar-refractivity contribution in [1.82, 2.24) is 9.78 Å². The van der Waals surface area contributed by atoms with Gasteiger partial charge >= 0.3 is 5.97 Å². The van der Waals surface area contributed by atoms with Crippen molar-refractivity contribution in [3.63, 3.8) is 0 Å². The van der Waals surface area contributed by atoms with Crippen molar-refractivity contribution < 1.29 is 9.90 Å². The second-order valence-corrected chi connectivity index (χ2v) is 5.32. The summed E-state index contributed by atoms with van der Waals surface area (Å²) < 4.78 is 1.94. The molecule has 0 aliphatic heterocycles. The summed E-state index contributed by atoms with van der Waals surface area (Å²) in [5.74, 6) is -0.318. The van der Waals surface area contributed by atoms with Gasteiger partial charge in [0, 0.05) is 6.54 Å². The molecule has 1 rings (SSSR count). The van der Waals surface area contributed by atoms with Gasteiger partial charge in [-0.05, 0) is 18.4 Å². The number of aliphatic carboxylic acids is 1. The fraction of sp³-hybridized carbons (Fsp3) is 0.667. The Morgan fingerprint density at radius 2 is 2.29 bits per heavy atom. The highest BCUT2D eigenvalue weighted by Crippen LogP contribution is 2.23. The predicted molar refractivity (Wildman–Crippen MR) is 69.6 cm³/mol. The Bertz CT molecular complexity index is 375. The van der Waals surface area contributed by atoms with Crippen LogP contribution in [0.3, 0.4) is 0 Å². The summed E-state index contributed by atoms with van der Waals surface area (Å²) >= 11 is 1.34. The molecule has 0 saturated heterocycles. The van der Waals surface area contributed by atoms with Gasteiger partial charge in [0.05, 0.1) is 16.5 Å². The van der Waals surface area contributed by atoms with Crippen molar-refractivity contribution in [3.05, 3.63) is 11.8 Å². The Kier molecular flexibility index (Phi) is 5.55. The van der Waals surface area contributed by atoms with Gasteiger partial charge in [-0.25, -0.2) is 0 Å². The molecule has 0 aromatic carbocycles. The van der Waals surface area contributed by atoms with Crippen LogP contribution in [0.25, 0.3) is 0 Å². The first kappa shape index (κ1) is 14.1. The van der Waals surface area contributed by atoms with Gasteiger partial charge in [0.1, 0.15) is 0 Å². The van der Waals surface area contributed by atoms with Crippen molar-refractivity contribution in [2.75, 3.05) is 5.75 Å². The van der Waals surface area contributed by atoms with Gasteiger partial charge in [-0.15, -0.1) is 0 Å². The Morgan fingerprint density at radius 1 is 1.59 bits per heavy atom. The zero-order valence-corrected chi connectivity index (χ0v) is 11.5. The molecule has 96 valence electrons. The predicted octanol–water partition coefficient (Wildman–Crippen LogP) is 2.98. The Labute approximate surface area is 106 Å². The highest BCUT2D eigenvalue weighted by molar-refractivity contribution is 7.99. The average molecular weight is 256 g/mol. The molecule has 5 heteroatoms. The second kappa shape index (κ2) is 6.69. The maximum atomic E-state index is 10.6. The zero-order chi connectivity index (χ0) is 12.8. The molecule has 0 unspecified atom stereocenters. The Hall–Kier alpha value is -0.970. The van der Waals surface area contributed by atoms with Crippen LogP contribution in [0, 0.1) is 0 Å². The largest absolute Gasteiger partial charge is 0.481 e. The van der Waals surface area contributed by atoms with Crippen LogP contribution in [-0.4, -0.2) is 26.6 Å². The molecular weight excluding hydrogens is 236 g/mol. The topological polar surface area (TPSA) is 55.1 Å². The standard InChI is InChI=1S/C12H20N2O2S/c1-4-5-6-14-11(17-8-12(15)16)7-10(13-14)9(2)3/h7,9H,4-6,8H2,1-3H3,(H,15,16). The van der Waals surface area contributed by atoms with E-state index in [1.165, 1.54) is 11.8 Å². The molecule has 0 aliphatic carbocycles. The lowest BCUT2D eigenvalue weighted by Crippen LogP contribution is -2.04. The van der Waals surface area contributed by atoms with E-state index in [2.05, 4.69) is 25.9 Å². The molecule has 17 heavy (non-hydrogen) atoms. The van der Waals surface area contributed by atoms with Crippen LogP contribution >= 0.6 is 11.8 Å². The fourth-order valence-electron chi connectivity index (χ4n) is 1.42. The maximum Gasteiger partial charge on any atom is 0.313 e. The Morgan fingerprint density at radius 3 is 2.82 bits per heavy atom. The van der Waals surface area contributed by atoms with E-state index in [1.807, 2.05) is 10.7 Å². The number of hydrogen-bond acceptors (Lipinski definition) is 3. The van der Waals surface area contributed by atoms with Gasteiger partial charge < -0.3 is 5.11 Å². The number of unbranched alkanes of at least 4 members (excludes halogenated alkanes) is 1. The van der Waals surface area contributed by atoms with E-state index in [0.717, 1.165) is 30.1 Å². The number of carboxylic acids is 1. The number of hydrogen-bond donors (Lipinski definition) is 1. The molecule has 0 spiro atoms. The van der Waals surface area contributed by atoms with Gasteiger partial charge in [-0.1, -0.05) is 39.0 Å². The third-order valence-corrected chi connectivity index (χ3v) is 3.44. The van der Waals surface area contributed by atoms with Gasteiger partial charge in [0.2, 0.25) is 0 Å². The monoisotopic (exact) mass is 256 g/mol. The van der Waals surface area contributed by atoms with Gasteiger partial charge in [-0.3, -0.25) is 9.48 Å². The molecule has 1 N–H and O–H groups in total. The van der Waals surface area contributed by atoms with E-state index in [0.29, 0.717) is 5.92 Å². The van der Waals surface area contributed by atoms with E-state index < -0.39 is 5.97 Å². The van der Waals surface area contributed by atoms with E-state index in [9.17, 15) is 4.79 Å². The summed E-state index contributed by atoms with van der Waals surface area (Å²) in [5, 5.41) is 14.2. The minimum atomic E-state index is -0.788. The zero-order valence-electron chi connectivity index (χ0n) is 10.6. The third kappa shape index (κ3) is 4.42. The Balaban J connectivity index is 2.79. The van der Waals surface area contributed by atoms with Crippen molar-refractivity contribution >= 4 is 17.7 Å². The van der Waals surface area contributed by atoms with Crippen molar-refractivity contribution in [1.29, 1.82) is 0 Å². The summed E-state index contributed by atoms with van der Waals surface area (Å²) in [6, 6.07) is 2.01. The van der Waals surface area contributed by atoms with E-state index >= 15 is 0 Å². The lowest BCUT2D eigenvalue weighted by molar-refractivity contribution is -0.133. The number of carbonyl (C=O) groups is 1. The normalized spacial score (nSPS) is 11.1. The highest BCUT2D eigenvalue weighted by Gasteiger charge is 2.11. The van der Waals surface area contributed by atoms with Crippen LogP contribution in [-0.2, 0) is 11.3 Å². The summed E-state index contributed by atoms with van der Waals surface area (Å²) in [5.41, 5.74) is 1.04. The minimum Gasteiger partial charge on any atom is -0.481 e. The van der Waals surface area contributed by atoms with E-state index in [-0.39, 0.29) is 5.75 Å². The SMILES string of the molecule is CCCCn1nc(C(C)C)cc1SCC(=O)O. The molecule has 0 amide bonds. The van der Waals surface area contributed by atoms with Crippen molar-refractivity contribution in [2.45, 2.75) is 51.1 Å². The summed E-state index contributed by atoms with van der Waals surface area (Å²) in [6.07, 6.45) is 2.18. The van der Waals surface area contributed by atoms with E-state index in [1.54, 1.807) is 0 Å². The molecule has 0 aliphatic rings. The number of aromatic nitrogens is 2. The van der Waals surface area contributed by atoms with Crippen LogP contribution in [0.2, 0.25) is 0 Å². The number of carboxylic acid groups (broad SMARTS) is 1. The van der Waals surface area contributed by atoms with Crippen LogP contribution < -0.4 is 0 Å². The quantitative estimate of drug-likeness (QED) is 0.762. The highest BCUT2D eigenvalue weighted by atomic mass is 32.2. The number of aryl methyl sites for hydroxylation is 1. The lowest BCUT2D eigenvalue weighted by atomic mass is 10.1. The third-order valence-electron chi connectivity index (χ3n) is 2.42. The molecule has 0 bridgehead atoms. The van der Waals surface area contributed by atoms with Crippen LogP contribution in [0.15, 0.2) is 11.1 Å². The maximum absolute atomic E-state index is 10.6. The fourth-order valence-corrected chi connectivity index (χ4v) is 2.18. The average Bonchev–Trinajstić information content (AvgIpc) is 2.67. The van der Waals surface area contributed by atoms with Gasteiger partial charge in [0.25, 0.3) is 0 Å². The summed E-state index contributed by atoms with van der Waals surface area (Å²) in [6.45, 7) is 7.19. The molecule has 0 fully saturated rings. The number of nitrogens with zero attached hydrogens (tertiary/aromatic N) is 2. The molecule has 0 saturated carbocycles. The van der Waals surface area contributed by atoms with Crippen LogP contribution in [0.5, 0.6) is 0 Å². The molecule has 1 aromatic rings. The first-order valence-corrected chi connectivity index (χ1v) is 6.95. The second-order valence-electron chi connectivity index (χ2n) is 4.32.